The highest BCUT2D eigenvalue weighted by Crippen LogP contribution is 2.41. The summed E-state index contributed by atoms with van der Waals surface area (Å²) in [6, 6.07) is 66.2. The first kappa shape index (κ1) is 44.9. The summed E-state index contributed by atoms with van der Waals surface area (Å²) >= 11 is 0. The van der Waals surface area contributed by atoms with Gasteiger partial charge in [-0.15, -0.1) is 0 Å². The molecule has 0 amide bonds. The van der Waals surface area contributed by atoms with Gasteiger partial charge in [0.2, 0.25) is 0 Å². The highest BCUT2D eigenvalue weighted by atomic mass is 16.6. The maximum atomic E-state index is 11.3. The monoisotopic (exact) mass is 844 g/mol. The maximum Gasteiger partial charge on any atom is 0.143 e. The Bertz CT molecular complexity index is 2210. The molecule has 0 unspecified atom stereocenters. The predicted molar refractivity (Wildman–Crippen MR) is 245 cm³/mol. The molecule has 0 aliphatic carbocycles. The second-order valence-corrected chi connectivity index (χ2v) is 15.2. The minimum atomic E-state index is -1.06. The SMILES string of the molecule is COc1ccc(CO[C@@H]([C@H](OCc2ccccc2)[C@H](CO)OCc2ccc(OC)cc2)[C@@H](COC(c2ccccc2)(c2ccccc2)c2ccccc2)OCc2ccccc2)cc1. The van der Waals surface area contributed by atoms with Crippen LogP contribution in [-0.4, -0.2) is 57.0 Å². The zero-order valence-electron chi connectivity index (χ0n) is 35.9. The van der Waals surface area contributed by atoms with Crippen LogP contribution in [0.1, 0.15) is 38.9 Å². The molecule has 324 valence electrons. The van der Waals surface area contributed by atoms with Gasteiger partial charge in [-0.1, -0.05) is 176 Å². The summed E-state index contributed by atoms with van der Waals surface area (Å²) in [5.74, 6) is 1.48. The number of ether oxygens (including phenoxy) is 7. The fourth-order valence-corrected chi connectivity index (χ4v) is 7.68. The van der Waals surface area contributed by atoms with Crippen LogP contribution >= 0.6 is 0 Å². The van der Waals surface area contributed by atoms with Crippen molar-refractivity contribution in [2.24, 2.45) is 0 Å². The van der Waals surface area contributed by atoms with E-state index in [1.807, 2.05) is 164 Å². The lowest BCUT2D eigenvalue weighted by Gasteiger charge is -2.40. The van der Waals surface area contributed by atoms with E-state index < -0.39 is 30.0 Å². The molecule has 0 aliphatic heterocycles. The molecule has 0 saturated carbocycles. The highest BCUT2D eigenvalue weighted by molar-refractivity contribution is 5.47. The van der Waals surface area contributed by atoms with Gasteiger partial charge in [0.15, 0.2) is 0 Å². The van der Waals surface area contributed by atoms with Crippen LogP contribution in [0, 0.1) is 0 Å². The number of hydrogen-bond acceptors (Lipinski definition) is 8. The molecule has 1 N–H and O–H groups in total. The van der Waals surface area contributed by atoms with Crippen molar-refractivity contribution in [2.75, 3.05) is 27.4 Å². The molecule has 0 saturated heterocycles. The zero-order chi connectivity index (χ0) is 43.5. The lowest BCUT2D eigenvalue weighted by molar-refractivity contribution is -0.209. The molecule has 0 spiro atoms. The molecule has 4 atom stereocenters. The third-order valence-electron chi connectivity index (χ3n) is 11.1. The van der Waals surface area contributed by atoms with Gasteiger partial charge in [0.05, 0.1) is 53.9 Å². The van der Waals surface area contributed by atoms with E-state index in [0.717, 1.165) is 50.4 Å². The first-order valence-corrected chi connectivity index (χ1v) is 21.3. The minimum Gasteiger partial charge on any atom is -0.497 e. The van der Waals surface area contributed by atoms with Crippen LogP contribution in [0.25, 0.3) is 0 Å². The van der Waals surface area contributed by atoms with E-state index in [4.69, 9.17) is 33.2 Å². The normalized spacial score (nSPS) is 13.4. The molecular weight excluding hydrogens is 789 g/mol. The summed E-state index contributed by atoms with van der Waals surface area (Å²) in [6.07, 6.45) is -3.30. The first-order chi connectivity index (χ1) is 31.1. The molecule has 0 aliphatic rings. The standard InChI is InChI=1S/C55H56O8/c1-57-49-32-28-44(29-33-49)38-59-51(36-56)53(61-39-43-20-10-4-11-21-43)54(62-40-45-30-34-50(58-2)35-31-45)52(60-37-42-18-8-3-9-19-42)41-63-55(46-22-12-5-13-23-46,47-24-14-6-15-25-47)48-26-16-7-17-27-48/h3-35,51-54,56H,36-41H2,1-2H3/t51-,52+,53+,54+/m0/s1. The first-order valence-electron chi connectivity index (χ1n) is 21.3. The highest BCUT2D eigenvalue weighted by Gasteiger charge is 2.43. The topological polar surface area (TPSA) is 84.8 Å². The molecule has 8 heteroatoms. The van der Waals surface area contributed by atoms with Gasteiger partial charge in [0.25, 0.3) is 0 Å². The lowest BCUT2D eigenvalue weighted by Crippen LogP contribution is -2.52. The van der Waals surface area contributed by atoms with E-state index in [0.29, 0.717) is 0 Å². The van der Waals surface area contributed by atoms with Crippen molar-refractivity contribution in [3.63, 3.8) is 0 Å². The Morgan fingerprint density at radius 2 is 0.698 bits per heavy atom. The fourth-order valence-electron chi connectivity index (χ4n) is 7.68. The summed E-state index contributed by atoms with van der Waals surface area (Å²) in [5, 5.41) is 11.3. The van der Waals surface area contributed by atoms with Crippen molar-refractivity contribution < 1.29 is 38.3 Å². The lowest BCUT2D eigenvalue weighted by atomic mass is 9.80. The molecule has 7 aromatic rings. The molecule has 0 aromatic heterocycles. The number of aliphatic hydroxyl groups is 1. The largest absolute Gasteiger partial charge is 0.497 e. The van der Waals surface area contributed by atoms with Gasteiger partial charge < -0.3 is 38.3 Å². The van der Waals surface area contributed by atoms with Crippen molar-refractivity contribution in [1.29, 1.82) is 0 Å². The van der Waals surface area contributed by atoms with Crippen LogP contribution < -0.4 is 9.47 Å². The van der Waals surface area contributed by atoms with Crippen LogP contribution in [0.5, 0.6) is 11.5 Å². The van der Waals surface area contributed by atoms with E-state index in [1.165, 1.54) is 0 Å². The maximum absolute atomic E-state index is 11.3. The van der Waals surface area contributed by atoms with Crippen LogP contribution in [0.3, 0.4) is 0 Å². The smallest absolute Gasteiger partial charge is 0.143 e. The summed E-state index contributed by atoms with van der Waals surface area (Å²) in [5.41, 5.74) is 5.56. The Kier molecular flexibility index (Phi) is 16.7. The molecule has 0 fully saturated rings. The predicted octanol–water partition coefficient (Wildman–Crippen LogP) is 10.3. The Balaban J connectivity index is 1.33. The molecule has 63 heavy (non-hydrogen) atoms. The quantitative estimate of drug-likeness (QED) is 0.0602. The number of benzene rings is 7. The van der Waals surface area contributed by atoms with Gasteiger partial charge in [-0.05, 0) is 63.2 Å². The van der Waals surface area contributed by atoms with Crippen LogP contribution in [0.4, 0.5) is 0 Å². The Morgan fingerprint density at radius 3 is 1.06 bits per heavy atom. The second kappa shape index (κ2) is 23.4. The van der Waals surface area contributed by atoms with Gasteiger partial charge in [-0.3, -0.25) is 0 Å². The Labute approximate surface area is 371 Å². The minimum absolute atomic E-state index is 0.0562. The van der Waals surface area contributed by atoms with Crippen molar-refractivity contribution in [2.45, 2.75) is 56.4 Å². The molecule has 7 aromatic carbocycles. The van der Waals surface area contributed by atoms with Crippen LogP contribution in [0.2, 0.25) is 0 Å². The van der Waals surface area contributed by atoms with E-state index >= 15 is 0 Å². The van der Waals surface area contributed by atoms with Crippen molar-refractivity contribution in [1.82, 2.24) is 0 Å². The second-order valence-electron chi connectivity index (χ2n) is 15.2. The van der Waals surface area contributed by atoms with Gasteiger partial charge in [0.1, 0.15) is 41.5 Å². The Hall–Kier alpha value is -6.10. The summed E-state index contributed by atoms with van der Waals surface area (Å²) in [4.78, 5) is 0. The zero-order valence-corrected chi connectivity index (χ0v) is 35.9. The third-order valence-corrected chi connectivity index (χ3v) is 11.1. The van der Waals surface area contributed by atoms with Crippen molar-refractivity contribution >= 4 is 0 Å². The summed E-state index contributed by atoms with van der Waals surface area (Å²) in [6.45, 7) is 0.589. The average molecular weight is 845 g/mol. The molecule has 7 rings (SSSR count). The summed E-state index contributed by atoms with van der Waals surface area (Å²) < 4.78 is 46.0. The Morgan fingerprint density at radius 1 is 0.381 bits per heavy atom. The third kappa shape index (κ3) is 12.1. The number of hydrogen-bond donors (Lipinski definition) is 1. The van der Waals surface area contributed by atoms with E-state index in [1.54, 1.807) is 14.2 Å². The molecule has 0 bridgehead atoms. The van der Waals surface area contributed by atoms with Gasteiger partial charge >= 0.3 is 0 Å². The van der Waals surface area contributed by atoms with E-state index in [-0.39, 0.29) is 39.6 Å². The average Bonchev–Trinajstić information content (AvgIpc) is 3.36. The van der Waals surface area contributed by atoms with E-state index in [2.05, 4.69) is 36.4 Å². The molecule has 0 radical (unpaired) electrons. The van der Waals surface area contributed by atoms with Crippen molar-refractivity contribution in [3.05, 3.63) is 239 Å². The van der Waals surface area contributed by atoms with Crippen LogP contribution in [0.15, 0.2) is 200 Å². The molecule has 8 nitrogen and oxygen atoms in total. The molecule has 0 heterocycles. The van der Waals surface area contributed by atoms with Crippen LogP contribution in [-0.2, 0) is 55.7 Å². The number of methoxy groups -OCH3 is 2. The number of aliphatic hydroxyl groups excluding tert-OH is 1. The van der Waals surface area contributed by atoms with Gasteiger partial charge in [0, 0.05) is 0 Å². The van der Waals surface area contributed by atoms with Gasteiger partial charge in [-0.25, -0.2) is 0 Å². The summed E-state index contributed by atoms with van der Waals surface area (Å²) in [7, 11) is 3.28. The van der Waals surface area contributed by atoms with Gasteiger partial charge in [-0.2, -0.15) is 0 Å². The fraction of sp³-hybridized carbons (Fsp3) is 0.236. The number of rotatable bonds is 24. The van der Waals surface area contributed by atoms with E-state index in [9.17, 15) is 5.11 Å². The van der Waals surface area contributed by atoms with Crippen molar-refractivity contribution in [3.8, 4) is 11.5 Å². The molecular formula is C55H56O8.